The highest BCUT2D eigenvalue weighted by molar-refractivity contribution is 7.99. The van der Waals surface area contributed by atoms with Crippen LogP contribution in [-0.4, -0.2) is 22.5 Å². The molecule has 4 heteroatoms. The zero-order valence-corrected chi connectivity index (χ0v) is 12.4. The smallest absolute Gasteiger partial charge is 0.184 e. The van der Waals surface area contributed by atoms with E-state index in [1.54, 1.807) is 11.3 Å². The third-order valence-corrected chi connectivity index (χ3v) is 5.63. The lowest BCUT2D eigenvalue weighted by Crippen LogP contribution is -2.15. The molecule has 1 saturated carbocycles. The molecule has 1 heterocycles. The molecule has 0 saturated heterocycles. The Morgan fingerprint density at radius 1 is 1.39 bits per heavy atom. The first-order chi connectivity index (χ1) is 8.74. The number of nitrogens with one attached hydrogen (secondary N) is 1. The fourth-order valence-corrected chi connectivity index (χ4v) is 4.39. The molecule has 2 unspecified atom stereocenters. The van der Waals surface area contributed by atoms with Crippen LogP contribution in [0.2, 0.25) is 0 Å². The Balaban J connectivity index is 1.75. The highest BCUT2D eigenvalue weighted by Gasteiger charge is 2.24. The van der Waals surface area contributed by atoms with Crippen LogP contribution in [0.1, 0.15) is 24.8 Å². The van der Waals surface area contributed by atoms with Crippen molar-refractivity contribution >= 4 is 38.4 Å². The summed E-state index contributed by atoms with van der Waals surface area (Å²) < 4.78 is 1.29. The van der Waals surface area contributed by atoms with Gasteiger partial charge in [0.05, 0.1) is 10.2 Å². The first kappa shape index (κ1) is 12.3. The van der Waals surface area contributed by atoms with Gasteiger partial charge in [-0.15, -0.1) is 0 Å². The lowest BCUT2D eigenvalue weighted by atomic mass is 10.2. The van der Waals surface area contributed by atoms with Crippen molar-refractivity contribution in [1.29, 1.82) is 0 Å². The number of fused-ring (bicyclic) bond motifs is 1. The minimum atomic E-state index is 0.615. The van der Waals surface area contributed by atoms with Crippen LogP contribution in [0.4, 0.5) is 5.13 Å². The van der Waals surface area contributed by atoms with Crippen LogP contribution < -0.4 is 5.32 Å². The van der Waals surface area contributed by atoms with Gasteiger partial charge in [-0.05, 0) is 50.1 Å². The number of nitrogens with zero attached hydrogens (tertiary/aromatic N) is 1. The fraction of sp³-hybridized carbons (Fsp3) is 0.500. The maximum atomic E-state index is 4.67. The molecular weight excluding hydrogens is 260 g/mol. The monoisotopic (exact) mass is 278 g/mol. The summed E-state index contributed by atoms with van der Waals surface area (Å²) in [5.74, 6) is 0. The minimum Gasteiger partial charge on any atom is -0.359 e. The van der Waals surface area contributed by atoms with Gasteiger partial charge in [0, 0.05) is 11.3 Å². The first-order valence-corrected chi connectivity index (χ1v) is 8.51. The maximum absolute atomic E-state index is 4.67. The van der Waals surface area contributed by atoms with Crippen molar-refractivity contribution in [3.05, 3.63) is 23.8 Å². The van der Waals surface area contributed by atoms with E-state index in [0.29, 0.717) is 6.04 Å². The van der Waals surface area contributed by atoms with Crippen LogP contribution in [0.15, 0.2) is 18.2 Å². The topological polar surface area (TPSA) is 24.9 Å². The van der Waals surface area contributed by atoms with E-state index in [4.69, 9.17) is 0 Å². The van der Waals surface area contributed by atoms with E-state index < -0.39 is 0 Å². The Bertz CT molecular complexity index is 550. The second-order valence-electron chi connectivity index (χ2n) is 5.00. The lowest BCUT2D eigenvalue weighted by Gasteiger charge is -2.10. The Morgan fingerprint density at radius 3 is 3.06 bits per heavy atom. The summed E-state index contributed by atoms with van der Waals surface area (Å²) in [5.41, 5.74) is 2.42. The van der Waals surface area contributed by atoms with E-state index >= 15 is 0 Å². The van der Waals surface area contributed by atoms with Gasteiger partial charge in [-0.1, -0.05) is 17.4 Å². The molecule has 0 radical (unpaired) electrons. The average Bonchev–Trinajstić information content (AvgIpc) is 2.95. The Kier molecular flexibility index (Phi) is 3.48. The van der Waals surface area contributed by atoms with Crippen molar-refractivity contribution in [2.24, 2.45) is 0 Å². The van der Waals surface area contributed by atoms with Gasteiger partial charge < -0.3 is 5.32 Å². The molecule has 2 aromatic rings. The number of aryl methyl sites for hydroxylation is 1. The molecule has 1 aromatic heterocycles. The van der Waals surface area contributed by atoms with Gasteiger partial charge in [0.2, 0.25) is 0 Å². The van der Waals surface area contributed by atoms with E-state index in [2.05, 4.69) is 41.7 Å². The van der Waals surface area contributed by atoms with Gasteiger partial charge in [0.1, 0.15) is 0 Å². The molecule has 0 spiro atoms. The summed E-state index contributed by atoms with van der Waals surface area (Å²) in [6, 6.07) is 7.08. The normalized spacial score (nSPS) is 23.7. The fourth-order valence-electron chi connectivity index (χ4n) is 2.55. The summed E-state index contributed by atoms with van der Waals surface area (Å²) >= 11 is 3.77. The first-order valence-electron chi connectivity index (χ1n) is 6.41. The Labute approximate surface area is 116 Å². The van der Waals surface area contributed by atoms with Crippen LogP contribution in [0.5, 0.6) is 0 Å². The number of thiazole rings is 1. The Hall–Kier alpha value is -0.740. The molecule has 2 nitrogen and oxygen atoms in total. The number of hydrogen-bond donors (Lipinski definition) is 1. The van der Waals surface area contributed by atoms with Gasteiger partial charge in [0.25, 0.3) is 0 Å². The minimum absolute atomic E-state index is 0.615. The number of rotatable bonds is 3. The molecule has 3 rings (SSSR count). The molecule has 96 valence electrons. The molecule has 1 aromatic carbocycles. The second kappa shape index (κ2) is 5.10. The van der Waals surface area contributed by atoms with Gasteiger partial charge >= 0.3 is 0 Å². The number of aromatic nitrogens is 1. The van der Waals surface area contributed by atoms with Gasteiger partial charge in [-0.2, -0.15) is 11.8 Å². The molecule has 2 atom stereocenters. The molecule has 0 bridgehead atoms. The third-order valence-electron chi connectivity index (χ3n) is 3.59. The zero-order valence-electron chi connectivity index (χ0n) is 10.8. The number of benzene rings is 1. The molecule has 1 N–H and O–H groups in total. The van der Waals surface area contributed by atoms with Crippen molar-refractivity contribution in [3.8, 4) is 0 Å². The van der Waals surface area contributed by atoms with Gasteiger partial charge in [-0.3, -0.25) is 0 Å². The molecule has 0 amide bonds. The van der Waals surface area contributed by atoms with Crippen molar-refractivity contribution in [3.63, 3.8) is 0 Å². The van der Waals surface area contributed by atoms with Crippen LogP contribution in [0, 0.1) is 6.92 Å². The highest BCUT2D eigenvalue weighted by atomic mass is 32.2. The van der Waals surface area contributed by atoms with E-state index in [0.717, 1.165) is 15.9 Å². The molecule has 18 heavy (non-hydrogen) atoms. The summed E-state index contributed by atoms with van der Waals surface area (Å²) in [7, 11) is 0. The summed E-state index contributed by atoms with van der Waals surface area (Å²) in [6.45, 7) is 2.13. The molecule has 0 aliphatic heterocycles. The molecule has 1 fully saturated rings. The maximum Gasteiger partial charge on any atom is 0.184 e. The van der Waals surface area contributed by atoms with Gasteiger partial charge in [0.15, 0.2) is 5.13 Å². The summed E-state index contributed by atoms with van der Waals surface area (Å²) in [6.07, 6.45) is 6.10. The Morgan fingerprint density at radius 2 is 2.28 bits per heavy atom. The van der Waals surface area contributed by atoms with Crippen molar-refractivity contribution in [1.82, 2.24) is 4.98 Å². The zero-order chi connectivity index (χ0) is 12.5. The SMILES string of the molecule is CSC1CCC(Nc2nc3ccc(C)cc3s2)C1. The number of hydrogen-bond acceptors (Lipinski definition) is 4. The molecular formula is C14H18N2S2. The molecule has 1 aliphatic carbocycles. The van der Waals surface area contributed by atoms with E-state index in [-0.39, 0.29) is 0 Å². The lowest BCUT2D eigenvalue weighted by molar-refractivity contribution is 0.756. The van der Waals surface area contributed by atoms with E-state index in [1.807, 2.05) is 11.8 Å². The summed E-state index contributed by atoms with van der Waals surface area (Å²) in [4.78, 5) is 4.67. The van der Waals surface area contributed by atoms with E-state index in [1.165, 1.54) is 29.5 Å². The van der Waals surface area contributed by atoms with Crippen molar-refractivity contribution in [2.75, 3.05) is 11.6 Å². The van der Waals surface area contributed by atoms with Crippen LogP contribution in [-0.2, 0) is 0 Å². The predicted molar refractivity (Wildman–Crippen MR) is 82.9 cm³/mol. The number of thioether (sulfide) groups is 1. The van der Waals surface area contributed by atoms with E-state index in [9.17, 15) is 0 Å². The standard InChI is InChI=1S/C14H18N2S2/c1-9-3-6-12-13(7-9)18-14(16-12)15-10-4-5-11(8-10)17-2/h3,6-7,10-11H,4-5,8H2,1-2H3,(H,15,16). The van der Waals surface area contributed by atoms with Crippen molar-refractivity contribution < 1.29 is 0 Å². The summed E-state index contributed by atoms with van der Waals surface area (Å²) in [5, 5.41) is 5.53. The van der Waals surface area contributed by atoms with Crippen LogP contribution in [0.3, 0.4) is 0 Å². The quantitative estimate of drug-likeness (QED) is 0.906. The predicted octanol–water partition coefficient (Wildman–Crippen LogP) is 4.30. The largest absolute Gasteiger partial charge is 0.359 e. The third kappa shape index (κ3) is 2.50. The van der Waals surface area contributed by atoms with Crippen LogP contribution >= 0.6 is 23.1 Å². The van der Waals surface area contributed by atoms with Gasteiger partial charge in [-0.25, -0.2) is 4.98 Å². The number of anilines is 1. The van der Waals surface area contributed by atoms with Crippen molar-refractivity contribution in [2.45, 2.75) is 37.5 Å². The van der Waals surface area contributed by atoms with Crippen LogP contribution in [0.25, 0.3) is 10.2 Å². The molecule has 1 aliphatic rings. The average molecular weight is 278 g/mol. The highest BCUT2D eigenvalue weighted by Crippen LogP contribution is 2.33. The second-order valence-corrected chi connectivity index (χ2v) is 7.17.